The first kappa shape index (κ1) is 12.4. The number of aliphatic hydroxyl groups is 1. The molecule has 13 heavy (non-hydrogen) atoms. The Morgan fingerprint density at radius 1 is 1.46 bits per heavy atom. The first-order chi connectivity index (χ1) is 6.24. The summed E-state index contributed by atoms with van der Waals surface area (Å²) in [5.74, 6) is 0.259. The lowest BCUT2D eigenvalue weighted by Gasteiger charge is -2.09. The Kier molecular flexibility index (Phi) is 7.69. The van der Waals surface area contributed by atoms with Crippen LogP contribution in [0.4, 0.5) is 0 Å². The fourth-order valence-corrected chi connectivity index (χ4v) is 1.23. The van der Waals surface area contributed by atoms with E-state index in [0.717, 1.165) is 25.7 Å². The zero-order chi connectivity index (χ0) is 10.1. The van der Waals surface area contributed by atoms with Crippen LogP contribution in [0.3, 0.4) is 0 Å². The number of methoxy groups -OCH3 is 1. The molecule has 0 radical (unpaired) electrons. The van der Waals surface area contributed by atoms with Crippen LogP contribution < -0.4 is 0 Å². The molecule has 0 aromatic carbocycles. The Labute approximate surface area is 80.1 Å². The van der Waals surface area contributed by atoms with Gasteiger partial charge in [0.2, 0.25) is 0 Å². The van der Waals surface area contributed by atoms with Gasteiger partial charge in [-0.3, -0.25) is 4.79 Å². The van der Waals surface area contributed by atoms with E-state index in [0.29, 0.717) is 12.3 Å². The molecule has 0 aliphatic carbocycles. The highest BCUT2D eigenvalue weighted by atomic mass is 16.5. The predicted molar refractivity (Wildman–Crippen MR) is 51.4 cm³/mol. The number of hydrogen-bond donors (Lipinski definition) is 1. The Bertz CT molecular complexity index is 130. The summed E-state index contributed by atoms with van der Waals surface area (Å²) in [7, 11) is 1.41. The van der Waals surface area contributed by atoms with Crippen molar-refractivity contribution >= 4 is 5.97 Å². The average Bonchev–Trinajstić information content (AvgIpc) is 2.18. The molecule has 0 rings (SSSR count). The summed E-state index contributed by atoms with van der Waals surface area (Å²) in [5, 5.41) is 8.89. The van der Waals surface area contributed by atoms with Crippen molar-refractivity contribution in [2.75, 3.05) is 13.7 Å². The van der Waals surface area contributed by atoms with E-state index in [4.69, 9.17) is 5.11 Å². The van der Waals surface area contributed by atoms with Crippen molar-refractivity contribution in [3.63, 3.8) is 0 Å². The molecule has 78 valence electrons. The van der Waals surface area contributed by atoms with Crippen LogP contribution in [0, 0.1) is 5.92 Å². The first-order valence-electron chi connectivity index (χ1n) is 4.92. The Balaban J connectivity index is 3.28. The van der Waals surface area contributed by atoms with Gasteiger partial charge >= 0.3 is 5.97 Å². The maximum Gasteiger partial charge on any atom is 0.305 e. The third kappa shape index (κ3) is 6.58. The fourth-order valence-electron chi connectivity index (χ4n) is 1.23. The minimum absolute atomic E-state index is 0.142. The molecule has 0 bridgehead atoms. The second-order valence-corrected chi connectivity index (χ2v) is 3.28. The van der Waals surface area contributed by atoms with Crippen molar-refractivity contribution in [1.29, 1.82) is 0 Å². The van der Waals surface area contributed by atoms with E-state index in [1.165, 1.54) is 7.11 Å². The largest absolute Gasteiger partial charge is 0.469 e. The van der Waals surface area contributed by atoms with Crippen molar-refractivity contribution in [2.24, 2.45) is 5.92 Å². The minimum Gasteiger partial charge on any atom is -0.469 e. The van der Waals surface area contributed by atoms with Crippen LogP contribution in [0.5, 0.6) is 0 Å². The zero-order valence-corrected chi connectivity index (χ0v) is 8.58. The van der Waals surface area contributed by atoms with Gasteiger partial charge in [0.25, 0.3) is 0 Å². The highest BCUT2D eigenvalue weighted by Crippen LogP contribution is 2.12. The third-order valence-corrected chi connectivity index (χ3v) is 2.31. The number of carbonyl (C=O) groups excluding carboxylic acids is 1. The Morgan fingerprint density at radius 2 is 2.15 bits per heavy atom. The standard InChI is InChI=1S/C10H20O3/c1-3-9(8-11)6-4-5-7-10(12)13-2/h9,11H,3-8H2,1-2H3. The molecule has 0 aliphatic rings. The van der Waals surface area contributed by atoms with E-state index in [1.807, 2.05) is 0 Å². The molecule has 3 nitrogen and oxygen atoms in total. The van der Waals surface area contributed by atoms with E-state index in [1.54, 1.807) is 0 Å². The molecule has 1 N–H and O–H groups in total. The van der Waals surface area contributed by atoms with Crippen molar-refractivity contribution in [1.82, 2.24) is 0 Å². The van der Waals surface area contributed by atoms with Crippen molar-refractivity contribution < 1.29 is 14.6 Å². The highest BCUT2D eigenvalue weighted by molar-refractivity contribution is 5.68. The fraction of sp³-hybridized carbons (Fsp3) is 0.900. The molecule has 0 aliphatic heterocycles. The second kappa shape index (κ2) is 8.05. The summed E-state index contributed by atoms with van der Waals surface area (Å²) in [6.45, 7) is 2.33. The summed E-state index contributed by atoms with van der Waals surface area (Å²) >= 11 is 0. The van der Waals surface area contributed by atoms with E-state index >= 15 is 0 Å². The Morgan fingerprint density at radius 3 is 2.62 bits per heavy atom. The van der Waals surface area contributed by atoms with Gasteiger partial charge in [0, 0.05) is 13.0 Å². The zero-order valence-electron chi connectivity index (χ0n) is 8.58. The Hall–Kier alpha value is -0.570. The molecule has 0 aromatic rings. The normalized spacial score (nSPS) is 12.5. The van der Waals surface area contributed by atoms with Crippen LogP contribution in [0.25, 0.3) is 0 Å². The number of aliphatic hydroxyl groups excluding tert-OH is 1. The maximum absolute atomic E-state index is 10.7. The second-order valence-electron chi connectivity index (χ2n) is 3.28. The number of rotatable bonds is 7. The number of unbranched alkanes of at least 4 members (excludes halogenated alkanes) is 1. The van der Waals surface area contributed by atoms with E-state index in [2.05, 4.69) is 11.7 Å². The van der Waals surface area contributed by atoms with Gasteiger partial charge in [-0.1, -0.05) is 19.8 Å². The van der Waals surface area contributed by atoms with E-state index < -0.39 is 0 Å². The van der Waals surface area contributed by atoms with Gasteiger partial charge in [-0.25, -0.2) is 0 Å². The van der Waals surface area contributed by atoms with Gasteiger partial charge < -0.3 is 9.84 Å². The molecular weight excluding hydrogens is 168 g/mol. The smallest absolute Gasteiger partial charge is 0.305 e. The molecule has 0 heterocycles. The van der Waals surface area contributed by atoms with Crippen LogP contribution in [0.1, 0.15) is 39.0 Å². The van der Waals surface area contributed by atoms with Crippen molar-refractivity contribution in [3.8, 4) is 0 Å². The lowest BCUT2D eigenvalue weighted by atomic mass is 10.00. The minimum atomic E-state index is -0.142. The van der Waals surface area contributed by atoms with Crippen LogP contribution >= 0.6 is 0 Å². The van der Waals surface area contributed by atoms with Gasteiger partial charge in [-0.15, -0.1) is 0 Å². The van der Waals surface area contributed by atoms with Gasteiger partial charge in [0.1, 0.15) is 0 Å². The molecule has 0 fully saturated rings. The number of carbonyl (C=O) groups is 1. The average molecular weight is 188 g/mol. The predicted octanol–water partition coefficient (Wildman–Crippen LogP) is 1.74. The molecule has 1 unspecified atom stereocenters. The van der Waals surface area contributed by atoms with Crippen LogP contribution in [0.2, 0.25) is 0 Å². The summed E-state index contributed by atoms with van der Waals surface area (Å²) in [6, 6.07) is 0. The highest BCUT2D eigenvalue weighted by Gasteiger charge is 2.05. The van der Waals surface area contributed by atoms with Crippen molar-refractivity contribution in [2.45, 2.75) is 39.0 Å². The molecule has 1 atom stereocenters. The maximum atomic E-state index is 10.7. The van der Waals surface area contributed by atoms with Crippen LogP contribution in [-0.4, -0.2) is 24.8 Å². The molecule has 0 amide bonds. The lowest BCUT2D eigenvalue weighted by Crippen LogP contribution is -2.05. The molecular formula is C10H20O3. The molecule has 0 spiro atoms. The third-order valence-electron chi connectivity index (χ3n) is 2.31. The molecule has 0 aromatic heterocycles. The van der Waals surface area contributed by atoms with Gasteiger partial charge in [0.15, 0.2) is 0 Å². The van der Waals surface area contributed by atoms with E-state index in [-0.39, 0.29) is 12.6 Å². The van der Waals surface area contributed by atoms with Gasteiger partial charge in [0.05, 0.1) is 7.11 Å². The topological polar surface area (TPSA) is 46.5 Å². The summed E-state index contributed by atoms with van der Waals surface area (Å²) in [5.41, 5.74) is 0. The summed E-state index contributed by atoms with van der Waals surface area (Å²) in [6.07, 6.45) is 4.37. The number of esters is 1. The van der Waals surface area contributed by atoms with E-state index in [9.17, 15) is 4.79 Å². The summed E-state index contributed by atoms with van der Waals surface area (Å²) in [4.78, 5) is 10.7. The van der Waals surface area contributed by atoms with Crippen molar-refractivity contribution in [3.05, 3.63) is 0 Å². The van der Waals surface area contributed by atoms with Gasteiger partial charge in [-0.2, -0.15) is 0 Å². The number of hydrogen-bond acceptors (Lipinski definition) is 3. The van der Waals surface area contributed by atoms with Gasteiger partial charge in [-0.05, 0) is 18.8 Å². The molecule has 3 heteroatoms. The quantitative estimate of drug-likeness (QED) is 0.489. The first-order valence-corrected chi connectivity index (χ1v) is 4.92. The lowest BCUT2D eigenvalue weighted by molar-refractivity contribution is -0.140. The molecule has 0 saturated heterocycles. The van der Waals surface area contributed by atoms with Crippen LogP contribution in [0.15, 0.2) is 0 Å². The monoisotopic (exact) mass is 188 g/mol. The SMILES string of the molecule is CCC(CO)CCCCC(=O)OC. The molecule has 0 saturated carbocycles. The van der Waals surface area contributed by atoms with Crippen LogP contribution in [-0.2, 0) is 9.53 Å². The number of ether oxygens (including phenoxy) is 1. The summed E-state index contributed by atoms with van der Waals surface area (Å²) < 4.78 is 4.52.